The van der Waals surface area contributed by atoms with Gasteiger partial charge in [0.1, 0.15) is 5.41 Å². The van der Waals surface area contributed by atoms with E-state index in [4.69, 9.17) is 23.2 Å². The van der Waals surface area contributed by atoms with Crippen molar-refractivity contribution < 1.29 is 9.90 Å². The number of benzene rings is 5. The standard InChI is InChI=1S/C30H22Cl2O2/c1-30(29(33)34,25-17-8-18-26(31)28(25)32)27(23-15-6-11-19-9-2-4-13-21(19)23)24-16-7-12-20-10-3-5-14-22(20)24/h2-18,27H,1H3,(H,33,34)/t30-/m0/s1. The van der Waals surface area contributed by atoms with Crippen molar-refractivity contribution in [2.75, 3.05) is 0 Å². The molecule has 168 valence electrons. The predicted octanol–water partition coefficient (Wildman–Crippen LogP) is 8.47. The normalized spacial score (nSPS) is 13.3. The SMILES string of the molecule is C[C@](C(=O)O)(c1cccc(Cl)c1Cl)C(c1cccc2ccccc12)c1cccc2ccccc12. The quantitative estimate of drug-likeness (QED) is 0.271. The molecular formula is C30H22Cl2O2. The Kier molecular flexibility index (Phi) is 5.81. The first-order chi connectivity index (χ1) is 16.4. The molecule has 5 aromatic carbocycles. The number of carboxylic acid groups (broad SMARTS) is 1. The third-order valence-corrected chi connectivity index (χ3v) is 7.62. The van der Waals surface area contributed by atoms with Crippen LogP contribution in [0.4, 0.5) is 0 Å². The fourth-order valence-corrected chi connectivity index (χ4v) is 5.59. The number of halogens is 2. The number of hydrogen-bond donors (Lipinski definition) is 1. The molecular weight excluding hydrogens is 463 g/mol. The lowest BCUT2D eigenvalue weighted by Gasteiger charge is -2.37. The summed E-state index contributed by atoms with van der Waals surface area (Å²) in [6.45, 7) is 1.75. The molecule has 5 rings (SSSR count). The van der Waals surface area contributed by atoms with Crippen molar-refractivity contribution >= 4 is 50.7 Å². The van der Waals surface area contributed by atoms with Crippen LogP contribution in [0.25, 0.3) is 21.5 Å². The molecule has 4 heteroatoms. The van der Waals surface area contributed by atoms with E-state index < -0.39 is 17.3 Å². The Bertz CT molecular complexity index is 1450. The molecule has 0 aliphatic rings. The largest absolute Gasteiger partial charge is 0.481 e. The average molecular weight is 485 g/mol. The zero-order valence-corrected chi connectivity index (χ0v) is 20.0. The molecule has 1 atom stereocenters. The van der Waals surface area contributed by atoms with Gasteiger partial charge in [-0.2, -0.15) is 0 Å². The van der Waals surface area contributed by atoms with E-state index in [9.17, 15) is 9.90 Å². The van der Waals surface area contributed by atoms with E-state index in [1.807, 2.05) is 84.9 Å². The fourth-order valence-electron chi connectivity index (χ4n) is 5.09. The van der Waals surface area contributed by atoms with Gasteiger partial charge in [0.2, 0.25) is 0 Å². The van der Waals surface area contributed by atoms with Crippen LogP contribution in [-0.4, -0.2) is 11.1 Å². The van der Waals surface area contributed by atoms with Gasteiger partial charge in [-0.1, -0.05) is 120 Å². The lowest BCUT2D eigenvalue weighted by molar-refractivity contribution is -0.143. The molecule has 0 aliphatic carbocycles. The second kappa shape index (κ2) is 8.79. The molecule has 0 bridgehead atoms. The molecule has 5 aromatic rings. The van der Waals surface area contributed by atoms with Crippen LogP contribution in [-0.2, 0) is 10.2 Å². The van der Waals surface area contributed by atoms with Gasteiger partial charge in [-0.05, 0) is 51.2 Å². The minimum Gasteiger partial charge on any atom is -0.481 e. The smallest absolute Gasteiger partial charge is 0.314 e. The summed E-state index contributed by atoms with van der Waals surface area (Å²) in [4.78, 5) is 13.2. The summed E-state index contributed by atoms with van der Waals surface area (Å²) in [5, 5.41) is 15.6. The van der Waals surface area contributed by atoms with Crippen molar-refractivity contribution in [3.8, 4) is 0 Å². The first-order valence-corrected chi connectivity index (χ1v) is 11.8. The van der Waals surface area contributed by atoms with Gasteiger partial charge >= 0.3 is 5.97 Å². The molecule has 0 spiro atoms. The summed E-state index contributed by atoms with van der Waals surface area (Å²) in [6.07, 6.45) is 0. The van der Waals surface area contributed by atoms with Crippen molar-refractivity contribution in [1.82, 2.24) is 0 Å². The van der Waals surface area contributed by atoms with Crippen molar-refractivity contribution in [2.45, 2.75) is 18.3 Å². The molecule has 0 heterocycles. The summed E-state index contributed by atoms with van der Waals surface area (Å²) >= 11 is 13.1. The highest BCUT2D eigenvalue weighted by Crippen LogP contribution is 2.50. The first-order valence-electron chi connectivity index (χ1n) is 11.1. The van der Waals surface area contributed by atoms with Gasteiger partial charge in [0, 0.05) is 5.92 Å². The molecule has 0 aliphatic heterocycles. The number of aliphatic carboxylic acids is 1. The summed E-state index contributed by atoms with van der Waals surface area (Å²) < 4.78 is 0. The molecule has 2 nitrogen and oxygen atoms in total. The highest BCUT2D eigenvalue weighted by atomic mass is 35.5. The van der Waals surface area contributed by atoms with Gasteiger partial charge in [0.25, 0.3) is 0 Å². The second-order valence-corrected chi connectivity index (χ2v) is 9.46. The van der Waals surface area contributed by atoms with Crippen LogP contribution >= 0.6 is 23.2 Å². The molecule has 0 aromatic heterocycles. The molecule has 0 saturated heterocycles. The van der Waals surface area contributed by atoms with E-state index in [2.05, 4.69) is 0 Å². The van der Waals surface area contributed by atoms with E-state index >= 15 is 0 Å². The van der Waals surface area contributed by atoms with Gasteiger partial charge in [-0.15, -0.1) is 0 Å². The van der Waals surface area contributed by atoms with Gasteiger partial charge in [-0.25, -0.2) is 0 Å². The van der Waals surface area contributed by atoms with E-state index in [-0.39, 0.29) is 5.02 Å². The third kappa shape index (κ3) is 3.55. The molecule has 34 heavy (non-hydrogen) atoms. The minimum atomic E-state index is -1.41. The van der Waals surface area contributed by atoms with Crippen LogP contribution in [0, 0.1) is 0 Å². The zero-order chi connectivity index (χ0) is 23.9. The van der Waals surface area contributed by atoms with E-state index in [0.717, 1.165) is 32.7 Å². The van der Waals surface area contributed by atoms with E-state index in [0.29, 0.717) is 10.6 Å². The maximum Gasteiger partial charge on any atom is 0.314 e. The van der Waals surface area contributed by atoms with Crippen LogP contribution in [0.1, 0.15) is 29.5 Å². The monoisotopic (exact) mass is 484 g/mol. The molecule has 0 radical (unpaired) electrons. The van der Waals surface area contributed by atoms with E-state index in [1.165, 1.54) is 0 Å². The molecule has 0 amide bonds. The molecule has 0 fully saturated rings. The summed E-state index contributed by atoms with van der Waals surface area (Å²) in [5.41, 5.74) is 0.932. The number of hydrogen-bond acceptors (Lipinski definition) is 1. The van der Waals surface area contributed by atoms with Gasteiger partial charge in [-0.3, -0.25) is 4.79 Å². The highest BCUT2D eigenvalue weighted by Gasteiger charge is 2.47. The average Bonchev–Trinajstić information content (AvgIpc) is 2.86. The first kappa shape index (κ1) is 22.5. The Hall–Kier alpha value is -3.33. The Morgan fingerprint density at radius 3 is 1.71 bits per heavy atom. The number of rotatable bonds is 5. The van der Waals surface area contributed by atoms with Crippen LogP contribution in [0.5, 0.6) is 0 Å². The topological polar surface area (TPSA) is 37.3 Å². The van der Waals surface area contributed by atoms with Gasteiger partial charge < -0.3 is 5.11 Å². The second-order valence-electron chi connectivity index (χ2n) is 8.68. The van der Waals surface area contributed by atoms with Crippen molar-refractivity contribution in [2.24, 2.45) is 0 Å². The summed E-state index contributed by atoms with van der Waals surface area (Å²) in [6, 6.07) is 33.4. The Morgan fingerprint density at radius 1 is 0.706 bits per heavy atom. The third-order valence-electron chi connectivity index (χ3n) is 6.80. The van der Waals surface area contributed by atoms with E-state index in [1.54, 1.807) is 25.1 Å². The Morgan fingerprint density at radius 2 is 1.18 bits per heavy atom. The molecule has 1 N–H and O–H groups in total. The number of carbonyl (C=O) groups is 1. The predicted molar refractivity (Wildman–Crippen MR) is 141 cm³/mol. The van der Waals surface area contributed by atoms with Crippen LogP contribution in [0.15, 0.2) is 103 Å². The highest BCUT2D eigenvalue weighted by molar-refractivity contribution is 6.42. The van der Waals surface area contributed by atoms with Crippen molar-refractivity contribution in [3.63, 3.8) is 0 Å². The number of carboxylic acids is 1. The van der Waals surface area contributed by atoms with Crippen LogP contribution in [0.2, 0.25) is 10.0 Å². The summed E-state index contributed by atoms with van der Waals surface area (Å²) in [5.74, 6) is -1.51. The van der Waals surface area contributed by atoms with Crippen molar-refractivity contribution in [3.05, 3.63) is 130 Å². The lowest BCUT2D eigenvalue weighted by Crippen LogP contribution is -2.40. The summed E-state index contributed by atoms with van der Waals surface area (Å²) in [7, 11) is 0. The molecule has 0 unspecified atom stereocenters. The van der Waals surface area contributed by atoms with Crippen molar-refractivity contribution in [1.29, 1.82) is 0 Å². The maximum absolute atomic E-state index is 13.2. The Labute approximate surface area is 208 Å². The van der Waals surface area contributed by atoms with Crippen LogP contribution < -0.4 is 0 Å². The fraction of sp³-hybridized carbons (Fsp3) is 0.100. The Balaban J connectivity index is 1.93. The lowest BCUT2D eigenvalue weighted by atomic mass is 9.64. The minimum absolute atomic E-state index is 0.263. The maximum atomic E-state index is 13.2. The number of fused-ring (bicyclic) bond motifs is 2. The molecule has 0 saturated carbocycles. The van der Waals surface area contributed by atoms with Gasteiger partial charge in [0.05, 0.1) is 10.0 Å². The zero-order valence-electron chi connectivity index (χ0n) is 18.5. The van der Waals surface area contributed by atoms with Crippen LogP contribution in [0.3, 0.4) is 0 Å². The van der Waals surface area contributed by atoms with Gasteiger partial charge in [0.15, 0.2) is 0 Å².